The van der Waals surface area contributed by atoms with E-state index in [9.17, 15) is 14.4 Å². The minimum absolute atomic E-state index is 0.113. The molecule has 0 radical (unpaired) electrons. The first-order valence-electron chi connectivity index (χ1n) is 7.73. The minimum Gasteiger partial charge on any atom is -0.480 e. The molecule has 1 heterocycles. The first-order chi connectivity index (χ1) is 11.8. The zero-order valence-corrected chi connectivity index (χ0v) is 14.2. The Morgan fingerprint density at radius 1 is 1.16 bits per heavy atom. The molecule has 0 aliphatic rings. The number of carboxylic acid groups (broad SMARTS) is 1. The van der Waals surface area contributed by atoms with E-state index in [2.05, 4.69) is 15.7 Å². The second-order valence-electron chi connectivity index (χ2n) is 5.86. The SMILES string of the molecule is CC(C)c1nn(C)cc1C(=O)Nc1ccc(C(=O)NCC(=O)O)cc1. The van der Waals surface area contributed by atoms with Crippen LogP contribution in [-0.4, -0.2) is 39.2 Å². The highest BCUT2D eigenvalue weighted by atomic mass is 16.4. The number of aromatic nitrogens is 2. The standard InChI is InChI=1S/C17H20N4O4/c1-10(2)15-13(9-21(3)20-15)17(25)19-12-6-4-11(5-7-12)16(24)18-8-14(22)23/h4-7,9-10H,8H2,1-3H3,(H,18,24)(H,19,25)(H,22,23). The quantitative estimate of drug-likeness (QED) is 0.737. The van der Waals surface area contributed by atoms with Gasteiger partial charge in [0.25, 0.3) is 11.8 Å². The fourth-order valence-corrected chi connectivity index (χ4v) is 2.27. The van der Waals surface area contributed by atoms with E-state index in [1.54, 1.807) is 30.1 Å². The van der Waals surface area contributed by atoms with Gasteiger partial charge >= 0.3 is 5.97 Å². The molecular formula is C17H20N4O4. The number of aryl methyl sites for hydroxylation is 1. The van der Waals surface area contributed by atoms with Gasteiger partial charge in [-0.3, -0.25) is 19.1 Å². The Morgan fingerprint density at radius 3 is 2.36 bits per heavy atom. The number of carboxylic acids is 1. The maximum Gasteiger partial charge on any atom is 0.322 e. The van der Waals surface area contributed by atoms with Crippen LogP contribution in [-0.2, 0) is 11.8 Å². The number of hydrogen-bond donors (Lipinski definition) is 3. The number of anilines is 1. The highest BCUT2D eigenvalue weighted by Crippen LogP contribution is 2.19. The fourth-order valence-electron chi connectivity index (χ4n) is 2.27. The molecule has 2 amide bonds. The van der Waals surface area contributed by atoms with Gasteiger partial charge in [0.1, 0.15) is 6.54 Å². The Morgan fingerprint density at radius 2 is 1.80 bits per heavy atom. The van der Waals surface area contributed by atoms with Crippen molar-refractivity contribution in [1.29, 1.82) is 0 Å². The van der Waals surface area contributed by atoms with Crippen LogP contribution in [0.2, 0.25) is 0 Å². The number of hydrogen-bond acceptors (Lipinski definition) is 4. The van der Waals surface area contributed by atoms with Crippen LogP contribution in [0.1, 0.15) is 46.2 Å². The lowest BCUT2D eigenvalue weighted by Crippen LogP contribution is -2.29. The fraction of sp³-hybridized carbons (Fsp3) is 0.294. The third-order valence-electron chi connectivity index (χ3n) is 3.45. The molecule has 0 saturated heterocycles. The van der Waals surface area contributed by atoms with E-state index in [1.807, 2.05) is 13.8 Å². The number of nitrogens with one attached hydrogen (secondary N) is 2. The molecule has 1 aromatic carbocycles. The summed E-state index contributed by atoms with van der Waals surface area (Å²) in [4.78, 5) is 34.6. The zero-order chi connectivity index (χ0) is 18.6. The molecule has 8 heteroatoms. The lowest BCUT2D eigenvalue weighted by Gasteiger charge is -2.08. The molecule has 0 aliphatic carbocycles. The smallest absolute Gasteiger partial charge is 0.322 e. The van der Waals surface area contributed by atoms with Gasteiger partial charge in [-0.15, -0.1) is 0 Å². The highest BCUT2D eigenvalue weighted by Gasteiger charge is 2.18. The van der Waals surface area contributed by atoms with E-state index < -0.39 is 18.4 Å². The Balaban J connectivity index is 2.07. The van der Waals surface area contributed by atoms with Crippen LogP contribution >= 0.6 is 0 Å². The highest BCUT2D eigenvalue weighted by molar-refractivity contribution is 6.05. The summed E-state index contributed by atoms with van der Waals surface area (Å²) in [5.74, 6) is -1.77. The summed E-state index contributed by atoms with van der Waals surface area (Å²) < 4.78 is 1.60. The molecule has 25 heavy (non-hydrogen) atoms. The summed E-state index contributed by atoms with van der Waals surface area (Å²) in [6.07, 6.45) is 1.67. The molecule has 1 aromatic heterocycles. The normalized spacial score (nSPS) is 10.6. The summed E-state index contributed by atoms with van der Waals surface area (Å²) in [6.45, 7) is 3.48. The molecule has 132 valence electrons. The van der Waals surface area contributed by atoms with E-state index in [1.165, 1.54) is 12.1 Å². The van der Waals surface area contributed by atoms with E-state index in [-0.39, 0.29) is 11.8 Å². The molecule has 0 spiro atoms. The van der Waals surface area contributed by atoms with Gasteiger partial charge in [0.15, 0.2) is 0 Å². The van der Waals surface area contributed by atoms with E-state index in [0.29, 0.717) is 22.5 Å². The number of rotatable bonds is 6. The van der Waals surface area contributed by atoms with Crippen LogP contribution in [0.15, 0.2) is 30.5 Å². The van der Waals surface area contributed by atoms with Gasteiger partial charge < -0.3 is 15.7 Å². The Kier molecular flexibility index (Phi) is 5.53. The zero-order valence-electron chi connectivity index (χ0n) is 14.2. The van der Waals surface area contributed by atoms with Crippen molar-refractivity contribution >= 4 is 23.5 Å². The predicted molar refractivity (Wildman–Crippen MR) is 91.7 cm³/mol. The predicted octanol–water partition coefficient (Wildman–Crippen LogP) is 1.61. The summed E-state index contributed by atoms with van der Waals surface area (Å²) in [5.41, 5.74) is 2.05. The van der Waals surface area contributed by atoms with Crippen molar-refractivity contribution in [3.8, 4) is 0 Å². The number of nitrogens with zero attached hydrogens (tertiary/aromatic N) is 2. The lowest BCUT2D eigenvalue weighted by atomic mass is 10.1. The van der Waals surface area contributed by atoms with Gasteiger partial charge in [-0.05, 0) is 30.2 Å². The van der Waals surface area contributed by atoms with Gasteiger partial charge in [0, 0.05) is 24.5 Å². The summed E-state index contributed by atoms with van der Waals surface area (Å²) in [5, 5.41) is 17.9. The van der Waals surface area contributed by atoms with Gasteiger partial charge in [-0.25, -0.2) is 0 Å². The Hall–Kier alpha value is -3.16. The van der Waals surface area contributed by atoms with Crippen molar-refractivity contribution in [1.82, 2.24) is 15.1 Å². The molecule has 2 rings (SSSR count). The van der Waals surface area contributed by atoms with Crippen molar-refractivity contribution in [2.45, 2.75) is 19.8 Å². The number of benzene rings is 1. The van der Waals surface area contributed by atoms with Gasteiger partial charge in [0.05, 0.1) is 11.3 Å². The molecule has 0 fully saturated rings. The summed E-state index contributed by atoms with van der Waals surface area (Å²) >= 11 is 0. The molecule has 0 aliphatic heterocycles. The molecule has 0 bridgehead atoms. The average molecular weight is 344 g/mol. The van der Waals surface area contributed by atoms with Crippen LogP contribution in [0.4, 0.5) is 5.69 Å². The van der Waals surface area contributed by atoms with Crippen molar-refractivity contribution in [3.63, 3.8) is 0 Å². The second-order valence-corrected chi connectivity index (χ2v) is 5.86. The van der Waals surface area contributed by atoms with Crippen LogP contribution < -0.4 is 10.6 Å². The number of carbonyl (C=O) groups excluding carboxylic acids is 2. The van der Waals surface area contributed by atoms with Crippen molar-refractivity contribution < 1.29 is 19.5 Å². The van der Waals surface area contributed by atoms with Crippen LogP contribution in [0.25, 0.3) is 0 Å². The number of carbonyl (C=O) groups is 3. The first-order valence-corrected chi connectivity index (χ1v) is 7.73. The third-order valence-corrected chi connectivity index (χ3v) is 3.45. The molecule has 3 N–H and O–H groups in total. The summed E-state index contributed by atoms with van der Waals surface area (Å²) in [7, 11) is 1.76. The first kappa shape index (κ1) is 18.2. The Bertz CT molecular complexity index is 793. The van der Waals surface area contributed by atoms with Crippen molar-refractivity contribution in [2.24, 2.45) is 7.05 Å². The molecule has 0 unspecified atom stereocenters. The topological polar surface area (TPSA) is 113 Å². The van der Waals surface area contributed by atoms with Gasteiger partial charge in [0.2, 0.25) is 0 Å². The van der Waals surface area contributed by atoms with Crippen molar-refractivity contribution in [3.05, 3.63) is 47.3 Å². The molecule has 8 nitrogen and oxygen atoms in total. The maximum atomic E-state index is 12.4. The molecule has 0 saturated carbocycles. The molecule has 2 aromatic rings. The monoisotopic (exact) mass is 344 g/mol. The average Bonchev–Trinajstić information content (AvgIpc) is 2.95. The van der Waals surface area contributed by atoms with E-state index in [4.69, 9.17) is 5.11 Å². The van der Waals surface area contributed by atoms with Crippen LogP contribution in [0, 0.1) is 0 Å². The van der Waals surface area contributed by atoms with Crippen LogP contribution in [0.5, 0.6) is 0 Å². The number of aliphatic carboxylic acids is 1. The molecular weight excluding hydrogens is 324 g/mol. The van der Waals surface area contributed by atoms with Gasteiger partial charge in [-0.2, -0.15) is 5.10 Å². The summed E-state index contributed by atoms with van der Waals surface area (Å²) in [6, 6.07) is 6.19. The third kappa shape index (κ3) is 4.66. The van der Waals surface area contributed by atoms with Gasteiger partial charge in [-0.1, -0.05) is 13.8 Å². The number of amides is 2. The second kappa shape index (κ2) is 7.61. The van der Waals surface area contributed by atoms with Crippen molar-refractivity contribution in [2.75, 3.05) is 11.9 Å². The van der Waals surface area contributed by atoms with E-state index in [0.717, 1.165) is 0 Å². The molecule has 0 atom stereocenters. The lowest BCUT2D eigenvalue weighted by molar-refractivity contribution is -0.135. The Labute approximate surface area is 144 Å². The maximum absolute atomic E-state index is 12.4. The van der Waals surface area contributed by atoms with E-state index >= 15 is 0 Å². The largest absolute Gasteiger partial charge is 0.480 e. The minimum atomic E-state index is -1.12. The van der Waals surface area contributed by atoms with Crippen LogP contribution in [0.3, 0.4) is 0 Å².